The summed E-state index contributed by atoms with van der Waals surface area (Å²) in [5, 5.41) is 0. The van der Waals surface area contributed by atoms with Gasteiger partial charge in [-0.2, -0.15) is 0 Å². The van der Waals surface area contributed by atoms with E-state index >= 15 is 0 Å². The third-order valence-electron chi connectivity index (χ3n) is 8.53. The van der Waals surface area contributed by atoms with Crippen LogP contribution in [0.25, 0.3) is 0 Å². The van der Waals surface area contributed by atoms with Crippen molar-refractivity contribution in [2.75, 3.05) is 78.8 Å². The Bertz CT molecular complexity index is 1410. The Hall–Kier alpha value is -5.32. The highest BCUT2D eigenvalue weighted by atomic mass is 16.5. The van der Waals surface area contributed by atoms with E-state index in [1.807, 2.05) is 72.8 Å². The summed E-state index contributed by atoms with van der Waals surface area (Å²) in [5.74, 6) is -0.626. The Kier molecular flexibility index (Phi) is 13.7. The second-order valence-corrected chi connectivity index (χ2v) is 11.9. The molecule has 0 aliphatic carbocycles. The second kappa shape index (κ2) is 19.0. The van der Waals surface area contributed by atoms with Gasteiger partial charge in [0.2, 0.25) is 0 Å². The maximum Gasteiger partial charge on any atom is 0.253 e. The Morgan fingerprint density at radius 2 is 0.520 bits per heavy atom. The van der Waals surface area contributed by atoms with E-state index in [4.69, 9.17) is 9.47 Å². The van der Waals surface area contributed by atoms with Crippen molar-refractivity contribution in [1.82, 2.24) is 19.6 Å². The normalized spacial score (nSPS) is 15.8. The highest BCUT2D eigenvalue weighted by molar-refractivity contribution is 5.96. The van der Waals surface area contributed by atoms with E-state index in [1.54, 1.807) is 68.1 Å². The molecule has 5 rings (SSSR count). The summed E-state index contributed by atoms with van der Waals surface area (Å²) in [5.41, 5.74) is 2.20. The lowest BCUT2D eigenvalue weighted by atomic mass is 10.2. The fraction of sp³-hybridized carbons (Fsp3) is 0.300. The minimum atomic E-state index is -0.156. The predicted molar refractivity (Wildman–Crippen MR) is 191 cm³/mol. The number of nitrogens with zero attached hydrogens (tertiary/aromatic N) is 4. The maximum absolute atomic E-state index is 13.6. The van der Waals surface area contributed by atoms with Gasteiger partial charge < -0.3 is 29.1 Å². The summed E-state index contributed by atoms with van der Waals surface area (Å²) >= 11 is 0. The number of amides is 4. The van der Waals surface area contributed by atoms with Crippen LogP contribution < -0.4 is 0 Å². The average molecular weight is 677 g/mol. The molecule has 50 heavy (non-hydrogen) atoms. The fourth-order valence-electron chi connectivity index (χ4n) is 5.70. The smallest absolute Gasteiger partial charge is 0.253 e. The Morgan fingerprint density at radius 1 is 0.320 bits per heavy atom. The van der Waals surface area contributed by atoms with Crippen LogP contribution in [0, 0.1) is 0 Å². The Labute approximate surface area is 293 Å². The van der Waals surface area contributed by atoms with E-state index in [0.29, 0.717) is 48.4 Å². The van der Waals surface area contributed by atoms with Crippen molar-refractivity contribution in [3.63, 3.8) is 0 Å². The van der Waals surface area contributed by atoms with Gasteiger partial charge in [-0.05, 0) is 48.5 Å². The molecule has 1 saturated heterocycles. The quantitative estimate of drug-likeness (QED) is 0.314. The number of ether oxygens (including phenoxy) is 2. The molecule has 0 bridgehead atoms. The summed E-state index contributed by atoms with van der Waals surface area (Å²) in [6.45, 7) is 3.27. The molecule has 10 nitrogen and oxygen atoms in total. The van der Waals surface area contributed by atoms with Gasteiger partial charge >= 0.3 is 0 Å². The first-order valence-electron chi connectivity index (χ1n) is 17.0. The van der Waals surface area contributed by atoms with Crippen LogP contribution in [-0.4, -0.2) is 122 Å². The number of hydrogen-bond donors (Lipinski definition) is 0. The Balaban J connectivity index is 1.35. The lowest BCUT2D eigenvalue weighted by Gasteiger charge is -2.30. The van der Waals surface area contributed by atoms with Crippen molar-refractivity contribution in [2.24, 2.45) is 0 Å². The number of carbonyl (C=O) groups excluding carboxylic acids is 4. The third-order valence-corrected chi connectivity index (χ3v) is 8.53. The molecular weight excluding hydrogens is 632 g/mol. The van der Waals surface area contributed by atoms with E-state index in [-0.39, 0.29) is 76.2 Å². The minimum Gasteiger partial charge on any atom is -0.378 e. The zero-order chi connectivity index (χ0) is 35.0. The first-order chi connectivity index (χ1) is 24.5. The van der Waals surface area contributed by atoms with Gasteiger partial charge in [-0.25, -0.2) is 0 Å². The summed E-state index contributed by atoms with van der Waals surface area (Å²) in [7, 11) is 0. The number of carbonyl (C=O) groups is 4. The van der Waals surface area contributed by atoms with Crippen molar-refractivity contribution in [2.45, 2.75) is 0 Å². The molecule has 0 radical (unpaired) electrons. The zero-order valence-electron chi connectivity index (χ0n) is 28.3. The van der Waals surface area contributed by atoms with Gasteiger partial charge in [0.25, 0.3) is 23.6 Å². The Morgan fingerprint density at radius 3 is 0.720 bits per heavy atom. The summed E-state index contributed by atoms with van der Waals surface area (Å²) in [4.78, 5) is 61.3. The van der Waals surface area contributed by atoms with Gasteiger partial charge in [0.05, 0.1) is 26.4 Å². The van der Waals surface area contributed by atoms with Crippen LogP contribution >= 0.6 is 0 Å². The van der Waals surface area contributed by atoms with Gasteiger partial charge in [-0.3, -0.25) is 19.2 Å². The highest BCUT2D eigenvalue weighted by Crippen LogP contribution is 2.11. The zero-order valence-corrected chi connectivity index (χ0v) is 28.3. The van der Waals surface area contributed by atoms with Crippen LogP contribution in [0.4, 0.5) is 0 Å². The minimum absolute atomic E-state index is 0.156. The molecule has 0 unspecified atom stereocenters. The molecule has 10 heteroatoms. The average Bonchev–Trinajstić information content (AvgIpc) is 3.18. The van der Waals surface area contributed by atoms with E-state index < -0.39 is 0 Å². The molecule has 1 heterocycles. The van der Waals surface area contributed by atoms with E-state index in [2.05, 4.69) is 0 Å². The van der Waals surface area contributed by atoms with Crippen molar-refractivity contribution < 1.29 is 28.7 Å². The van der Waals surface area contributed by atoms with Crippen LogP contribution in [0.2, 0.25) is 0 Å². The van der Waals surface area contributed by atoms with Crippen molar-refractivity contribution in [3.05, 3.63) is 144 Å². The topological polar surface area (TPSA) is 99.7 Å². The molecule has 4 aromatic carbocycles. The lowest BCUT2D eigenvalue weighted by Crippen LogP contribution is -2.45. The van der Waals surface area contributed by atoms with E-state index in [0.717, 1.165) is 0 Å². The molecule has 1 fully saturated rings. The maximum atomic E-state index is 13.6. The van der Waals surface area contributed by atoms with Crippen LogP contribution in [-0.2, 0) is 9.47 Å². The second-order valence-electron chi connectivity index (χ2n) is 11.9. The van der Waals surface area contributed by atoms with Crippen molar-refractivity contribution in [3.8, 4) is 0 Å². The van der Waals surface area contributed by atoms with E-state index in [9.17, 15) is 19.2 Å². The van der Waals surface area contributed by atoms with Gasteiger partial charge in [0.1, 0.15) is 0 Å². The number of benzene rings is 4. The van der Waals surface area contributed by atoms with Crippen molar-refractivity contribution in [1.29, 1.82) is 0 Å². The molecule has 0 saturated carbocycles. The molecule has 0 spiro atoms. The summed E-state index contributed by atoms with van der Waals surface area (Å²) < 4.78 is 12.1. The fourth-order valence-corrected chi connectivity index (χ4v) is 5.70. The number of hydrogen-bond acceptors (Lipinski definition) is 6. The van der Waals surface area contributed by atoms with Crippen LogP contribution in [0.1, 0.15) is 41.4 Å². The van der Waals surface area contributed by atoms with Crippen LogP contribution in [0.3, 0.4) is 0 Å². The van der Waals surface area contributed by atoms with Gasteiger partial charge in [0.15, 0.2) is 0 Å². The van der Waals surface area contributed by atoms with Crippen molar-refractivity contribution >= 4 is 23.6 Å². The lowest BCUT2D eigenvalue weighted by molar-refractivity contribution is 0.0402. The van der Waals surface area contributed by atoms with Gasteiger partial charge in [-0.15, -0.1) is 0 Å². The number of rotatable bonds is 4. The van der Waals surface area contributed by atoms with Gasteiger partial charge in [-0.1, -0.05) is 72.8 Å². The predicted octanol–water partition coefficient (Wildman–Crippen LogP) is 4.60. The standard InChI is InChI=1S/C40H44N4O6/c45-37(33-13-5-1-6-14-33)41-21-22-42(38(46)34-15-7-2-8-16-34)26-31-50-32-28-44(40(48)36-19-11-4-12-20-36)24-23-43(27-30-49-29-25-41)39(47)35-17-9-3-10-18-35/h1-20H,21-32H2. The molecule has 0 N–H and O–H groups in total. The molecule has 4 aromatic rings. The molecule has 1 aliphatic rings. The first-order valence-corrected chi connectivity index (χ1v) is 17.0. The molecule has 0 aromatic heterocycles. The van der Waals surface area contributed by atoms with Crippen LogP contribution in [0.15, 0.2) is 121 Å². The highest BCUT2D eigenvalue weighted by Gasteiger charge is 2.23. The van der Waals surface area contributed by atoms with Gasteiger partial charge in [0, 0.05) is 74.6 Å². The molecule has 0 atom stereocenters. The molecule has 1 aliphatic heterocycles. The largest absolute Gasteiger partial charge is 0.378 e. The monoisotopic (exact) mass is 676 g/mol. The SMILES string of the molecule is O=C(c1ccccc1)N1CCOCCN(C(=O)c2ccccc2)CCN(C(=O)c2ccccc2)CCOCCN(C(=O)c2ccccc2)CC1. The summed E-state index contributed by atoms with van der Waals surface area (Å²) in [6.07, 6.45) is 0. The molecule has 260 valence electrons. The molecule has 4 amide bonds. The summed E-state index contributed by atoms with van der Waals surface area (Å²) in [6, 6.07) is 36.2. The molecular formula is C40H44N4O6. The third kappa shape index (κ3) is 10.3. The first kappa shape index (κ1) is 36.0. The van der Waals surface area contributed by atoms with E-state index in [1.165, 1.54) is 0 Å². The van der Waals surface area contributed by atoms with Crippen LogP contribution in [0.5, 0.6) is 0 Å².